The van der Waals surface area contributed by atoms with E-state index in [9.17, 15) is 0 Å². The molecule has 1 aliphatic rings. The van der Waals surface area contributed by atoms with Crippen LogP contribution in [0.3, 0.4) is 0 Å². The van der Waals surface area contributed by atoms with Crippen molar-refractivity contribution < 1.29 is 0 Å². The number of hydrogen-bond donors (Lipinski definition) is 0. The number of hydrogen-bond acceptors (Lipinski definition) is 0. The van der Waals surface area contributed by atoms with Crippen molar-refractivity contribution in [2.75, 3.05) is 0 Å². The Labute approximate surface area is 96.8 Å². The highest BCUT2D eigenvalue weighted by Gasteiger charge is 2.18. The van der Waals surface area contributed by atoms with E-state index in [0.717, 1.165) is 11.8 Å². The van der Waals surface area contributed by atoms with Gasteiger partial charge in [0, 0.05) is 0 Å². The topological polar surface area (TPSA) is 0 Å². The lowest BCUT2D eigenvalue weighted by molar-refractivity contribution is 0.262. The average Bonchev–Trinajstić information content (AvgIpc) is 2.15. The summed E-state index contributed by atoms with van der Waals surface area (Å²) in [6.07, 6.45) is 11.8. The van der Waals surface area contributed by atoms with Gasteiger partial charge in [-0.2, -0.15) is 0 Å². The van der Waals surface area contributed by atoms with E-state index >= 15 is 0 Å². The third kappa shape index (κ3) is 6.22. The molecule has 1 fully saturated rings. The first-order chi connectivity index (χ1) is 6.97. The van der Waals surface area contributed by atoms with Gasteiger partial charge in [0.2, 0.25) is 0 Å². The van der Waals surface area contributed by atoms with Crippen molar-refractivity contribution in [2.24, 2.45) is 17.3 Å². The second-order valence-corrected chi connectivity index (χ2v) is 6.94. The maximum absolute atomic E-state index is 2.46. The molecule has 0 aromatic carbocycles. The molecule has 1 aliphatic carbocycles. The van der Waals surface area contributed by atoms with Crippen molar-refractivity contribution in [1.29, 1.82) is 0 Å². The van der Waals surface area contributed by atoms with Gasteiger partial charge in [0.1, 0.15) is 0 Å². The first-order valence-electron chi connectivity index (χ1n) is 6.97. The van der Waals surface area contributed by atoms with Crippen LogP contribution in [0.1, 0.15) is 79.1 Å². The maximum atomic E-state index is 2.46. The van der Waals surface area contributed by atoms with Crippen molar-refractivity contribution >= 4 is 0 Å². The summed E-state index contributed by atoms with van der Waals surface area (Å²) in [6.45, 7) is 9.54. The summed E-state index contributed by atoms with van der Waals surface area (Å²) in [5.41, 5.74) is 0.529. The fourth-order valence-corrected chi connectivity index (χ4v) is 2.79. The summed E-state index contributed by atoms with van der Waals surface area (Å²) < 4.78 is 0. The van der Waals surface area contributed by atoms with Gasteiger partial charge in [-0.1, -0.05) is 66.2 Å². The molecule has 1 atom stereocenters. The Morgan fingerprint density at radius 2 is 1.67 bits per heavy atom. The average molecular weight is 210 g/mol. The van der Waals surface area contributed by atoms with Gasteiger partial charge < -0.3 is 0 Å². The number of rotatable bonds is 4. The summed E-state index contributed by atoms with van der Waals surface area (Å²) in [4.78, 5) is 0. The van der Waals surface area contributed by atoms with Crippen LogP contribution in [0.25, 0.3) is 0 Å². The summed E-state index contributed by atoms with van der Waals surface area (Å²) in [5.74, 6) is 2.01. The predicted octanol–water partition coefficient (Wildman–Crippen LogP) is 5.42. The van der Waals surface area contributed by atoms with E-state index in [1.165, 1.54) is 51.4 Å². The van der Waals surface area contributed by atoms with Crippen LogP contribution < -0.4 is 0 Å². The molecule has 0 amide bonds. The largest absolute Gasteiger partial charge is 0.0625 e. The summed E-state index contributed by atoms with van der Waals surface area (Å²) in [6, 6.07) is 0. The molecule has 0 aliphatic heterocycles. The molecule has 1 saturated carbocycles. The highest BCUT2D eigenvalue weighted by molar-refractivity contribution is 4.70. The molecule has 0 heteroatoms. The molecule has 1 unspecified atom stereocenters. The minimum atomic E-state index is 0.529. The van der Waals surface area contributed by atoms with Gasteiger partial charge in [0.15, 0.2) is 0 Å². The normalized spacial score (nSPS) is 21.6. The fraction of sp³-hybridized carbons (Fsp3) is 1.00. The van der Waals surface area contributed by atoms with Crippen LogP contribution in [0.2, 0.25) is 0 Å². The van der Waals surface area contributed by atoms with Gasteiger partial charge in [0.05, 0.1) is 0 Å². The van der Waals surface area contributed by atoms with Crippen molar-refractivity contribution in [2.45, 2.75) is 79.1 Å². The Kier molecular flexibility index (Phi) is 5.15. The standard InChI is InChI=1S/C15H30/c1-13(10-11-15(2,3)4)12-14-8-6-5-7-9-14/h13-14H,5-12H2,1-4H3. The lowest BCUT2D eigenvalue weighted by atomic mass is 9.80. The lowest BCUT2D eigenvalue weighted by Gasteiger charge is -2.26. The summed E-state index contributed by atoms with van der Waals surface area (Å²) >= 11 is 0. The molecule has 0 aromatic heterocycles. The van der Waals surface area contributed by atoms with Crippen molar-refractivity contribution in [1.82, 2.24) is 0 Å². The molecule has 0 aromatic rings. The third-order valence-electron chi connectivity index (χ3n) is 3.85. The minimum Gasteiger partial charge on any atom is -0.0625 e. The van der Waals surface area contributed by atoms with E-state index in [1.807, 2.05) is 0 Å². The zero-order chi connectivity index (χ0) is 11.3. The quantitative estimate of drug-likeness (QED) is 0.581. The monoisotopic (exact) mass is 210 g/mol. The van der Waals surface area contributed by atoms with Crippen molar-refractivity contribution in [3.05, 3.63) is 0 Å². The Hall–Kier alpha value is 0. The Morgan fingerprint density at radius 1 is 1.07 bits per heavy atom. The van der Waals surface area contributed by atoms with Crippen LogP contribution in [0.5, 0.6) is 0 Å². The van der Waals surface area contributed by atoms with Crippen LogP contribution in [0.15, 0.2) is 0 Å². The lowest BCUT2D eigenvalue weighted by Crippen LogP contribution is -2.13. The smallest absolute Gasteiger partial charge is 0.0383 e. The summed E-state index contributed by atoms with van der Waals surface area (Å²) in [5, 5.41) is 0. The zero-order valence-corrected chi connectivity index (χ0v) is 11.3. The molecule has 90 valence electrons. The molecule has 1 rings (SSSR count). The van der Waals surface area contributed by atoms with Gasteiger partial charge in [-0.15, -0.1) is 0 Å². The summed E-state index contributed by atoms with van der Waals surface area (Å²) in [7, 11) is 0. The molecule has 0 heterocycles. The second-order valence-electron chi connectivity index (χ2n) is 6.94. The van der Waals surface area contributed by atoms with Crippen molar-refractivity contribution in [3.8, 4) is 0 Å². The van der Waals surface area contributed by atoms with E-state index < -0.39 is 0 Å². The minimum absolute atomic E-state index is 0.529. The fourth-order valence-electron chi connectivity index (χ4n) is 2.79. The van der Waals surface area contributed by atoms with Crippen LogP contribution in [-0.4, -0.2) is 0 Å². The Balaban J connectivity index is 2.14. The van der Waals surface area contributed by atoms with Gasteiger partial charge in [-0.05, 0) is 30.1 Å². The van der Waals surface area contributed by atoms with E-state index in [2.05, 4.69) is 27.7 Å². The van der Waals surface area contributed by atoms with E-state index in [-0.39, 0.29) is 0 Å². The van der Waals surface area contributed by atoms with E-state index in [1.54, 1.807) is 0 Å². The Bertz CT molecular complexity index is 157. The van der Waals surface area contributed by atoms with Crippen LogP contribution in [0, 0.1) is 17.3 Å². The molecular weight excluding hydrogens is 180 g/mol. The molecule has 0 saturated heterocycles. The molecule has 0 bridgehead atoms. The molecular formula is C15H30. The van der Waals surface area contributed by atoms with Crippen molar-refractivity contribution in [3.63, 3.8) is 0 Å². The highest BCUT2D eigenvalue weighted by Crippen LogP contribution is 2.32. The Morgan fingerprint density at radius 3 is 2.20 bits per heavy atom. The molecule has 0 N–H and O–H groups in total. The van der Waals surface area contributed by atoms with Crippen LogP contribution >= 0.6 is 0 Å². The third-order valence-corrected chi connectivity index (χ3v) is 3.85. The second kappa shape index (κ2) is 5.92. The van der Waals surface area contributed by atoms with E-state index in [0.29, 0.717) is 5.41 Å². The predicted molar refractivity (Wildman–Crippen MR) is 69.0 cm³/mol. The van der Waals surface area contributed by atoms with Gasteiger partial charge >= 0.3 is 0 Å². The molecule has 0 nitrogen and oxygen atoms in total. The van der Waals surface area contributed by atoms with E-state index in [4.69, 9.17) is 0 Å². The first-order valence-corrected chi connectivity index (χ1v) is 6.97. The van der Waals surface area contributed by atoms with Gasteiger partial charge in [-0.25, -0.2) is 0 Å². The van der Waals surface area contributed by atoms with Gasteiger partial charge in [-0.3, -0.25) is 0 Å². The maximum Gasteiger partial charge on any atom is -0.0383 e. The zero-order valence-electron chi connectivity index (χ0n) is 11.3. The SMILES string of the molecule is CC(CCC(C)(C)C)CC1CCCCC1. The molecule has 0 radical (unpaired) electrons. The molecule has 0 spiro atoms. The van der Waals surface area contributed by atoms with Gasteiger partial charge in [0.25, 0.3) is 0 Å². The highest BCUT2D eigenvalue weighted by atomic mass is 14.2. The van der Waals surface area contributed by atoms with Crippen LogP contribution in [-0.2, 0) is 0 Å². The van der Waals surface area contributed by atoms with Crippen LogP contribution in [0.4, 0.5) is 0 Å². The first kappa shape index (κ1) is 13.1. The molecule has 15 heavy (non-hydrogen) atoms.